The van der Waals surface area contributed by atoms with E-state index in [-0.39, 0.29) is 11.9 Å². The summed E-state index contributed by atoms with van der Waals surface area (Å²) in [6, 6.07) is 8.65. The lowest BCUT2D eigenvalue weighted by Crippen LogP contribution is -2.44. The van der Waals surface area contributed by atoms with Gasteiger partial charge in [0.2, 0.25) is 5.91 Å². The van der Waals surface area contributed by atoms with E-state index in [0.29, 0.717) is 6.42 Å². The Morgan fingerprint density at radius 3 is 2.76 bits per heavy atom. The molecule has 0 saturated heterocycles. The summed E-state index contributed by atoms with van der Waals surface area (Å²) < 4.78 is 0. The molecule has 0 saturated carbocycles. The number of fused-ring (bicyclic) bond motifs is 1. The van der Waals surface area contributed by atoms with Gasteiger partial charge in [0, 0.05) is 44.3 Å². The predicted molar refractivity (Wildman–Crippen MR) is 87.5 cm³/mol. The average molecular weight is 289 g/mol. The number of carbonyl (C=O) groups is 1. The number of anilines is 1. The first-order valence-electron chi connectivity index (χ1n) is 8.01. The van der Waals surface area contributed by atoms with E-state index < -0.39 is 0 Å². The van der Waals surface area contributed by atoms with Crippen molar-refractivity contribution in [3.63, 3.8) is 0 Å². The molecule has 1 aliphatic heterocycles. The molecule has 21 heavy (non-hydrogen) atoms. The maximum absolute atomic E-state index is 12.0. The Morgan fingerprint density at radius 1 is 1.33 bits per heavy atom. The first kappa shape index (κ1) is 15.8. The van der Waals surface area contributed by atoms with Crippen molar-refractivity contribution in [2.75, 3.05) is 31.1 Å². The normalized spacial score (nSPS) is 17.5. The summed E-state index contributed by atoms with van der Waals surface area (Å²) in [5, 5.41) is 0. The van der Waals surface area contributed by atoms with Crippen LogP contribution < -0.4 is 10.6 Å². The van der Waals surface area contributed by atoms with Crippen LogP contribution in [0.5, 0.6) is 0 Å². The van der Waals surface area contributed by atoms with Gasteiger partial charge in [0.15, 0.2) is 0 Å². The number of hydrogen-bond donors (Lipinski definition) is 1. The number of rotatable bonds is 6. The molecular weight excluding hydrogens is 262 g/mol. The summed E-state index contributed by atoms with van der Waals surface area (Å²) in [4.78, 5) is 16.3. The van der Waals surface area contributed by atoms with Crippen molar-refractivity contribution in [2.45, 2.75) is 39.2 Å². The van der Waals surface area contributed by atoms with Crippen molar-refractivity contribution in [1.29, 1.82) is 0 Å². The van der Waals surface area contributed by atoms with Gasteiger partial charge in [0.1, 0.15) is 0 Å². The lowest BCUT2D eigenvalue weighted by atomic mass is 9.98. The molecule has 0 aromatic heterocycles. The van der Waals surface area contributed by atoms with Crippen molar-refractivity contribution < 1.29 is 4.79 Å². The monoisotopic (exact) mass is 289 g/mol. The highest BCUT2D eigenvalue weighted by Gasteiger charge is 2.21. The second kappa shape index (κ2) is 7.46. The number of carbonyl (C=O) groups excluding carboxylic acids is 1. The lowest BCUT2D eigenvalue weighted by Gasteiger charge is -2.34. The molecule has 4 heteroatoms. The quantitative estimate of drug-likeness (QED) is 0.871. The molecule has 0 radical (unpaired) electrons. The van der Waals surface area contributed by atoms with Gasteiger partial charge in [-0.3, -0.25) is 4.79 Å². The highest BCUT2D eigenvalue weighted by Crippen LogP contribution is 2.26. The van der Waals surface area contributed by atoms with Crippen LogP contribution in [0.15, 0.2) is 24.3 Å². The zero-order valence-corrected chi connectivity index (χ0v) is 13.2. The fourth-order valence-corrected chi connectivity index (χ4v) is 3.09. The highest BCUT2D eigenvalue weighted by molar-refractivity contribution is 5.76. The van der Waals surface area contributed by atoms with Gasteiger partial charge < -0.3 is 15.5 Å². The van der Waals surface area contributed by atoms with Crippen LogP contribution in [0.25, 0.3) is 0 Å². The van der Waals surface area contributed by atoms with E-state index in [9.17, 15) is 4.79 Å². The van der Waals surface area contributed by atoms with E-state index in [1.165, 1.54) is 11.3 Å². The van der Waals surface area contributed by atoms with Gasteiger partial charge >= 0.3 is 0 Å². The summed E-state index contributed by atoms with van der Waals surface area (Å²) in [6.45, 7) is 7.44. The Kier molecular flexibility index (Phi) is 5.62. The molecule has 0 aliphatic carbocycles. The number of para-hydroxylation sites is 1. The molecule has 4 nitrogen and oxygen atoms in total. The topological polar surface area (TPSA) is 49.6 Å². The fraction of sp³-hybridized carbons (Fsp3) is 0.588. The van der Waals surface area contributed by atoms with Crippen LogP contribution in [0.2, 0.25) is 0 Å². The molecule has 0 spiro atoms. The van der Waals surface area contributed by atoms with Crippen molar-refractivity contribution in [3.05, 3.63) is 29.8 Å². The third-order valence-corrected chi connectivity index (χ3v) is 4.20. The van der Waals surface area contributed by atoms with Gasteiger partial charge in [-0.15, -0.1) is 0 Å². The largest absolute Gasteiger partial charge is 0.370 e. The lowest BCUT2D eigenvalue weighted by molar-refractivity contribution is -0.130. The zero-order valence-electron chi connectivity index (χ0n) is 13.2. The third kappa shape index (κ3) is 3.97. The maximum atomic E-state index is 12.0. The summed E-state index contributed by atoms with van der Waals surface area (Å²) in [7, 11) is 0. The molecular formula is C17H27N3O. The Hall–Kier alpha value is -1.55. The molecule has 116 valence electrons. The average Bonchev–Trinajstić information content (AvgIpc) is 2.48. The molecule has 1 atom stereocenters. The molecule has 2 N–H and O–H groups in total. The summed E-state index contributed by atoms with van der Waals surface area (Å²) >= 11 is 0. The Morgan fingerprint density at radius 2 is 2.05 bits per heavy atom. The van der Waals surface area contributed by atoms with Crippen LogP contribution in [-0.2, 0) is 11.2 Å². The first-order valence-corrected chi connectivity index (χ1v) is 8.01. The first-order chi connectivity index (χ1) is 10.2. The highest BCUT2D eigenvalue weighted by atomic mass is 16.2. The van der Waals surface area contributed by atoms with Crippen molar-refractivity contribution in [2.24, 2.45) is 5.73 Å². The van der Waals surface area contributed by atoms with E-state index >= 15 is 0 Å². The molecule has 1 heterocycles. The Labute approximate surface area is 127 Å². The Balaban J connectivity index is 1.90. The van der Waals surface area contributed by atoms with E-state index in [0.717, 1.165) is 39.0 Å². The van der Waals surface area contributed by atoms with Gasteiger partial charge in [-0.1, -0.05) is 18.2 Å². The molecule has 1 amide bonds. The van der Waals surface area contributed by atoms with Crippen LogP contribution in [0.1, 0.15) is 32.3 Å². The molecule has 1 aliphatic rings. The number of benzene rings is 1. The minimum absolute atomic E-state index is 0.193. The standard InChI is InChI=1S/C17H27N3O/c1-3-19(4-2)17(21)10-7-11-20-13-15(18)12-14-8-5-6-9-16(14)20/h5-6,8-9,15H,3-4,7,10-13,18H2,1-2H3. The van der Waals surface area contributed by atoms with Crippen molar-refractivity contribution in [3.8, 4) is 0 Å². The second-order valence-electron chi connectivity index (χ2n) is 5.71. The maximum Gasteiger partial charge on any atom is 0.222 e. The van der Waals surface area contributed by atoms with Crippen LogP contribution in [0.4, 0.5) is 5.69 Å². The molecule has 0 fully saturated rings. The molecule has 0 bridgehead atoms. The summed E-state index contributed by atoms with van der Waals surface area (Å²) in [5.74, 6) is 0.259. The SMILES string of the molecule is CCN(CC)C(=O)CCCN1CC(N)Cc2ccccc21. The smallest absolute Gasteiger partial charge is 0.222 e. The number of nitrogens with two attached hydrogens (primary N) is 1. The van der Waals surface area contributed by atoms with Crippen molar-refractivity contribution >= 4 is 11.6 Å². The van der Waals surface area contributed by atoms with Crippen LogP contribution in [0.3, 0.4) is 0 Å². The third-order valence-electron chi connectivity index (χ3n) is 4.20. The second-order valence-corrected chi connectivity index (χ2v) is 5.71. The van der Waals surface area contributed by atoms with Crippen LogP contribution in [0, 0.1) is 0 Å². The van der Waals surface area contributed by atoms with Gasteiger partial charge in [-0.2, -0.15) is 0 Å². The van der Waals surface area contributed by atoms with E-state index in [4.69, 9.17) is 5.73 Å². The molecule has 1 unspecified atom stereocenters. The van der Waals surface area contributed by atoms with Gasteiger partial charge in [-0.25, -0.2) is 0 Å². The number of nitrogens with zero attached hydrogens (tertiary/aromatic N) is 2. The van der Waals surface area contributed by atoms with Crippen LogP contribution >= 0.6 is 0 Å². The van der Waals surface area contributed by atoms with Gasteiger partial charge in [-0.05, 0) is 38.3 Å². The number of hydrogen-bond acceptors (Lipinski definition) is 3. The summed E-state index contributed by atoms with van der Waals surface area (Å²) in [6.07, 6.45) is 2.46. The molecule has 1 aromatic rings. The minimum atomic E-state index is 0.193. The van der Waals surface area contributed by atoms with E-state index in [2.05, 4.69) is 29.2 Å². The number of amides is 1. The van der Waals surface area contributed by atoms with E-state index in [1.54, 1.807) is 0 Å². The summed E-state index contributed by atoms with van der Waals surface area (Å²) in [5.41, 5.74) is 8.76. The van der Waals surface area contributed by atoms with E-state index in [1.807, 2.05) is 18.7 Å². The predicted octanol–water partition coefficient (Wildman–Crippen LogP) is 2.03. The van der Waals surface area contributed by atoms with Crippen molar-refractivity contribution in [1.82, 2.24) is 4.90 Å². The molecule has 1 aromatic carbocycles. The molecule has 2 rings (SSSR count). The minimum Gasteiger partial charge on any atom is -0.370 e. The fourth-order valence-electron chi connectivity index (χ4n) is 3.09. The van der Waals surface area contributed by atoms with Gasteiger partial charge in [0.25, 0.3) is 0 Å². The van der Waals surface area contributed by atoms with Crippen LogP contribution in [-0.4, -0.2) is 43.0 Å². The zero-order chi connectivity index (χ0) is 15.2. The Bertz CT molecular complexity index is 471. The van der Waals surface area contributed by atoms with Gasteiger partial charge in [0.05, 0.1) is 0 Å².